The van der Waals surface area contributed by atoms with Crippen LogP contribution in [0.5, 0.6) is 0 Å². The second-order valence-corrected chi connectivity index (χ2v) is 5.66. The summed E-state index contributed by atoms with van der Waals surface area (Å²) in [5, 5.41) is 5.99. The van der Waals surface area contributed by atoms with Gasteiger partial charge in [0, 0.05) is 17.3 Å². The van der Waals surface area contributed by atoms with Crippen LogP contribution in [0, 0.1) is 0 Å². The molecule has 0 bridgehead atoms. The van der Waals surface area contributed by atoms with Gasteiger partial charge in [0.1, 0.15) is 5.01 Å². The Bertz CT molecular complexity index is 552. The normalized spacial score (nSPS) is 12.6. The number of guanidine groups is 1. The van der Waals surface area contributed by atoms with Crippen LogP contribution in [0.2, 0.25) is 0 Å². The Labute approximate surface area is 146 Å². The van der Waals surface area contributed by atoms with Crippen LogP contribution in [-0.4, -0.2) is 10.9 Å². The molecule has 0 amide bonds. The van der Waals surface area contributed by atoms with Gasteiger partial charge in [-0.1, -0.05) is 26.0 Å². The van der Waals surface area contributed by atoms with Crippen LogP contribution in [0.15, 0.2) is 40.8 Å². The maximum atomic E-state index is 5.86. The molecule has 0 aliphatic rings. The largest absolute Gasteiger partial charge is 0.370 e. The molecule has 2 aromatic rings. The van der Waals surface area contributed by atoms with Crippen molar-refractivity contribution in [3.63, 3.8) is 0 Å². The number of hydrogen-bond donors (Lipinski definition) is 2. The first-order valence-electron chi connectivity index (χ1n) is 6.74. The van der Waals surface area contributed by atoms with Crippen LogP contribution in [0.25, 0.3) is 0 Å². The number of nitrogens with two attached hydrogens (primary N) is 1. The number of nitrogens with one attached hydrogen (secondary N) is 1. The predicted octanol–water partition coefficient (Wildman–Crippen LogP) is 4.20. The van der Waals surface area contributed by atoms with Gasteiger partial charge in [-0.15, -0.1) is 35.3 Å². The first kappa shape index (κ1) is 17.9. The Morgan fingerprint density at radius 3 is 2.67 bits per heavy atom. The lowest BCUT2D eigenvalue weighted by atomic mass is 9.99. The maximum Gasteiger partial charge on any atom is 0.193 e. The molecule has 0 saturated heterocycles. The number of hydrogen-bond acceptors (Lipinski definition) is 3. The second-order valence-electron chi connectivity index (χ2n) is 4.68. The minimum atomic E-state index is 0. The smallest absolute Gasteiger partial charge is 0.193 e. The van der Waals surface area contributed by atoms with E-state index >= 15 is 0 Å². The summed E-state index contributed by atoms with van der Waals surface area (Å²) in [7, 11) is 0. The van der Waals surface area contributed by atoms with Gasteiger partial charge in [-0.2, -0.15) is 0 Å². The van der Waals surface area contributed by atoms with Crippen molar-refractivity contribution in [2.75, 3.05) is 5.32 Å². The van der Waals surface area contributed by atoms with E-state index in [4.69, 9.17) is 5.73 Å². The van der Waals surface area contributed by atoms with Gasteiger partial charge in [0.25, 0.3) is 0 Å². The molecule has 21 heavy (non-hydrogen) atoms. The van der Waals surface area contributed by atoms with E-state index in [1.165, 1.54) is 5.56 Å². The molecule has 0 saturated carbocycles. The van der Waals surface area contributed by atoms with Crippen LogP contribution in [0.1, 0.15) is 36.8 Å². The molecule has 4 nitrogen and oxygen atoms in total. The average molecular weight is 416 g/mol. The number of aliphatic imine (C=N–C) groups is 1. The van der Waals surface area contributed by atoms with Crippen molar-refractivity contribution in [2.45, 2.75) is 32.7 Å². The van der Waals surface area contributed by atoms with Gasteiger partial charge in [-0.05, 0) is 30.0 Å². The Morgan fingerprint density at radius 1 is 1.38 bits per heavy atom. The molecule has 1 atom stereocenters. The highest BCUT2D eigenvalue weighted by atomic mass is 127. The SMILES string of the molecule is CCC(C)c1ccc(NC(N)=NCc2nccs2)cc1.I. The van der Waals surface area contributed by atoms with Crippen LogP contribution >= 0.6 is 35.3 Å². The summed E-state index contributed by atoms with van der Waals surface area (Å²) in [5.74, 6) is 0.997. The fourth-order valence-electron chi connectivity index (χ4n) is 1.80. The third-order valence-electron chi connectivity index (χ3n) is 3.23. The number of aromatic nitrogens is 1. The van der Waals surface area contributed by atoms with Gasteiger partial charge in [0.2, 0.25) is 0 Å². The van der Waals surface area contributed by atoms with E-state index < -0.39 is 0 Å². The van der Waals surface area contributed by atoms with Crippen molar-refractivity contribution in [3.05, 3.63) is 46.4 Å². The standard InChI is InChI=1S/C15H20N4S.HI/c1-3-11(2)12-4-6-13(7-5-12)19-15(16)18-10-14-17-8-9-20-14;/h4-9,11H,3,10H2,1-2H3,(H3,16,18,19);1H. The molecule has 0 aliphatic heterocycles. The highest BCUT2D eigenvalue weighted by molar-refractivity contribution is 14.0. The molecule has 114 valence electrons. The van der Waals surface area contributed by atoms with E-state index in [-0.39, 0.29) is 24.0 Å². The second kappa shape index (κ2) is 8.99. The number of halogens is 1. The predicted molar refractivity (Wildman–Crippen MR) is 102 cm³/mol. The zero-order valence-corrected chi connectivity index (χ0v) is 15.4. The fraction of sp³-hybridized carbons (Fsp3) is 0.333. The molecule has 6 heteroatoms. The van der Waals surface area contributed by atoms with Crippen molar-refractivity contribution in [1.29, 1.82) is 0 Å². The molecular weight excluding hydrogens is 395 g/mol. The summed E-state index contributed by atoms with van der Waals surface area (Å²) in [5.41, 5.74) is 8.16. The van der Waals surface area contributed by atoms with Crippen molar-refractivity contribution < 1.29 is 0 Å². The summed E-state index contributed by atoms with van der Waals surface area (Å²) >= 11 is 1.58. The Hall–Kier alpha value is -1.15. The number of anilines is 1. The van der Waals surface area contributed by atoms with Gasteiger partial charge >= 0.3 is 0 Å². The molecule has 0 aliphatic carbocycles. The van der Waals surface area contributed by atoms with Crippen molar-refractivity contribution >= 4 is 47.0 Å². The highest BCUT2D eigenvalue weighted by Crippen LogP contribution is 2.20. The minimum absolute atomic E-state index is 0. The molecule has 0 spiro atoms. The van der Waals surface area contributed by atoms with E-state index in [2.05, 4.69) is 41.3 Å². The summed E-state index contributed by atoms with van der Waals surface area (Å²) < 4.78 is 0. The van der Waals surface area contributed by atoms with Crippen molar-refractivity contribution in [3.8, 4) is 0 Å². The summed E-state index contributed by atoms with van der Waals surface area (Å²) in [4.78, 5) is 8.43. The minimum Gasteiger partial charge on any atom is -0.370 e. The Morgan fingerprint density at radius 2 is 2.10 bits per heavy atom. The lowest BCUT2D eigenvalue weighted by molar-refractivity contribution is 0.734. The Balaban J connectivity index is 0.00000220. The van der Waals surface area contributed by atoms with E-state index in [1.807, 2.05) is 17.5 Å². The fourth-order valence-corrected chi connectivity index (χ4v) is 2.34. The Kier molecular flexibility index (Phi) is 7.66. The number of benzene rings is 1. The molecule has 3 N–H and O–H groups in total. The van der Waals surface area contributed by atoms with Gasteiger partial charge < -0.3 is 11.1 Å². The number of nitrogens with zero attached hydrogens (tertiary/aromatic N) is 2. The molecule has 0 fully saturated rings. The van der Waals surface area contributed by atoms with E-state index in [1.54, 1.807) is 17.5 Å². The third-order valence-corrected chi connectivity index (χ3v) is 4.00. The van der Waals surface area contributed by atoms with E-state index in [0.29, 0.717) is 18.4 Å². The lowest BCUT2D eigenvalue weighted by Crippen LogP contribution is -2.22. The highest BCUT2D eigenvalue weighted by Gasteiger charge is 2.02. The van der Waals surface area contributed by atoms with Crippen LogP contribution in [-0.2, 0) is 6.54 Å². The quantitative estimate of drug-likeness (QED) is 0.436. The zero-order valence-electron chi connectivity index (χ0n) is 12.2. The van der Waals surface area contributed by atoms with Gasteiger partial charge in [0.05, 0.1) is 6.54 Å². The molecule has 0 radical (unpaired) electrons. The monoisotopic (exact) mass is 416 g/mol. The van der Waals surface area contributed by atoms with Gasteiger partial charge in [-0.3, -0.25) is 0 Å². The average Bonchev–Trinajstić information content (AvgIpc) is 2.98. The molecule has 2 rings (SSSR count). The molecule has 1 aromatic heterocycles. The first-order chi connectivity index (χ1) is 9.69. The molecular formula is C15H21IN4S. The lowest BCUT2D eigenvalue weighted by Gasteiger charge is -2.10. The van der Waals surface area contributed by atoms with E-state index in [9.17, 15) is 0 Å². The van der Waals surface area contributed by atoms with Crippen molar-refractivity contribution in [2.24, 2.45) is 10.7 Å². The molecule has 1 unspecified atom stereocenters. The first-order valence-corrected chi connectivity index (χ1v) is 7.62. The van der Waals surface area contributed by atoms with Crippen LogP contribution < -0.4 is 11.1 Å². The summed E-state index contributed by atoms with van der Waals surface area (Å²) in [6.07, 6.45) is 2.91. The summed E-state index contributed by atoms with van der Waals surface area (Å²) in [6, 6.07) is 8.33. The van der Waals surface area contributed by atoms with Crippen LogP contribution in [0.4, 0.5) is 5.69 Å². The molecule has 1 heterocycles. The number of thiazole rings is 1. The maximum absolute atomic E-state index is 5.86. The van der Waals surface area contributed by atoms with Crippen molar-refractivity contribution in [1.82, 2.24) is 4.98 Å². The molecule has 1 aromatic carbocycles. The topological polar surface area (TPSA) is 63.3 Å². The van der Waals surface area contributed by atoms with Gasteiger partial charge in [-0.25, -0.2) is 9.98 Å². The van der Waals surface area contributed by atoms with Gasteiger partial charge in [0.15, 0.2) is 5.96 Å². The zero-order chi connectivity index (χ0) is 14.4. The third kappa shape index (κ3) is 5.62. The number of rotatable bonds is 5. The van der Waals surface area contributed by atoms with E-state index in [0.717, 1.165) is 17.1 Å². The van der Waals surface area contributed by atoms with Crippen LogP contribution in [0.3, 0.4) is 0 Å². The summed E-state index contributed by atoms with van der Waals surface area (Å²) in [6.45, 7) is 4.94.